The molecular formula is C21H28ClN3O2. The number of aromatic amines is 1. The van der Waals surface area contributed by atoms with E-state index < -0.39 is 0 Å². The number of hydrogen-bond acceptors (Lipinski definition) is 3. The third-order valence-electron chi connectivity index (χ3n) is 5.04. The molecule has 2 aromatic rings. The van der Waals surface area contributed by atoms with E-state index in [0.29, 0.717) is 17.3 Å². The second-order valence-electron chi connectivity index (χ2n) is 7.56. The Bertz CT molecular complexity index is 766. The molecule has 0 aliphatic heterocycles. The third kappa shape index (κ3) is 5.11. The molecule has 5 nitrogen and oxygen atoms in total. The van der Waals surface area contributed by atoms with Crippen LogP contribution < -0.4 is 0 Å². The number of carbonyl (C=O) groups excluding carboxylic acids is 1. The number of nitrogens with one attached hydrogen (secondary N) is 1. The molecule has 6 heteroatoms. The highest BCUT2D eigenvalue weighted by Gasteiger charge is 2.31. The van der Waals surface area contributed by atoms with Crippen LogP contribution in [0.15, 0.2) is 30.3 Å². The molecule has 146 valence electrons. The molecule has 1 heterocycles. The molecule has 3 rings (SSSR count). The minimum Gasteiger partial charge on any atom is -0.376 e. The topological polar surface area (TPSA) is 58.2 Å². The first-order chi connectivity index (χ1) is 12.9. The molecule has 1 aromatic heterocycles. The third-order valence-corrected chi connectivity index (χ3v) is 5.41. The van der Waals surface area contributed by atoms with E-state index in [9.17, 15) is 4.79 Å². The minimum atomic E-state index is -0.0243. The van der Waals surface area contributed by atoms with Crippen molar-refractivity contribution in [2.45, 2.75) is 71.2 Å². The number of nitrogens with zero attached hydrogens (tertiary/aromatic N) is 2. The lowest BCUT2D eigenvalue weighted by Crippen LogP contribution is -2.43. The van der Waals surface area contributed by atoms with Gasteiger partial charge in [-0.1, -0.05) is 29.8 Å². The molecule has 1 aliphatic carbocycles. The van der Waals surface area contributed by atoms with Gasteiger partial charge in [0.15, 0.2) is 0 Å². The number of H-pyrrole nitrogens is 1. The van der Waals surface area contributed by atoms with Crippen LogP contribution in [0.5, 0.6) is 0 Å². The van der Waals surface area contributed by atoms with Crippen molar-refractivity contribution in [1.29, 1.82) is 0 Å². The smallest absolute Gasteiger partial charge is 0.272 e. The van der Waals surface area contributed by atoms with Gasteiger partial charge in [-0.15, -0.1) is 0 Å². The Hall–Kier alpha value is -1.85. The van der Waals surface area contributed by atoms with E-state index in [1.807, 2.05) is 36.1 Å². The van der Waals surface area contributed by atoms with Crippen LogP contribution in [0.4, 0.5) is 0 Å². The van der Waals surface area contributed by atoms with E-state index >= 15 is 0 Å². The van der Waals surface area contributed by atoms with Crippen LogP contribution in [0.25, 0.3) is 0 Å². The van der Waals surface area contributed by atoms with Gasteiger partial charge in [0.05, 0.1) is 17.9 Å². The summed E-state index contributed by atoms with van der Waals surface area (Å²) in [6.07, 6.45) is 4.32. The lowest BCUT2D eigenvalue weighted by molar-refractivity contribution is -0.0252. The van der Waals surface area contributed by atoms with Crippen LogP contribution in [0.3, 0.4) is 0 Å². The van der Waals surface area contributed by atoms with Crippen molar-refractivity contribution in [3.63, 3.8) is 0 Å². The average molecular weight is 390 g/mol. The molecule has 1 N–H and O–H groups in total. The number of halogens is 1. The van der Waals surface area contributed by atoms with Crippen LogP contribution in [0.1, 0.15) is 61.3 Å². The standard InChI is InChI=1S/C21H28ClN3O2/c1-14(2)27-18-10-8-17(9-11-18)25(13-16-6-4-5-7-19(16)22)21(26)20-12-15(3)23-24-20/h4-7,12,14,17-18H,8-11,13H2,1-3H3,(H,23,24)/t17-,18-. The zero-order valence-electron chi connectivity index (χ0n) is 16.2. The molecule has 0 atom stereocenters. The van der Waals surface area contributed by atoms with Gasteiger partial charge in [0.1, 0.15) is 5.69 Å². The molecule has 27 heavy (non-hydrogen) atoms. The molecule has 1 aromatic carbocycles. The van der Waals surface area contributed by atoms with Gasteiger partial charge in [-0.05, 0) is 64.2 Å². The van der Waals surface area contributed by atoms with Crippen LogP contribution in [0.2, 0.25) is 5.02 Å². The van der Waals surface area contributed by atoms with E-state index in [1.54, 1.807) is 6.07 Å². The van der Waals surface area contributed by atoms with Gasteiger partial charge in [-0.2, -0.15) is 5.10 Å². The SMILES string of the molecule is Cc1cc(C(=O)N(Cc2ccccc2Cl)[C@H]2CC[C@H](OC(C)C)CC2)[nH]n1. The summed E-state index contributed by atoms with van der Waals surface area (Å²) >= 11 is 6.36. The summed E-state index contributed by atoms with van der Waals surface area (Å²) in [5.74, 6) is -0.0243. The lowest BCUT2D eigenvalue weighted by atomic mass is 9.91. The molecule has 1 fully saturated rings. The molecule has 1 aliphatic rings. The van der Waals surface area contributed by atoms with Crippen molar-refractivity contribution >= 4 is 17.5 Å². The van der Waals surface area contributed by atoms with Crippen LogP contribution in [-0.4, -0.2) is 39.3 Å². The van der Waals surface area contributed by atoms with Crippen molar-refractivity contribution in [2.24, 2.45) is 0 Å². The Morgan fingerprint density at radius 1 is 1.30 bits per heavy atom. The Morgan fingerprint density at radius 3 is 2.59 bits per heavy atom. The average Bonchev–Trinajstić information content (AvgIpc) is 3.07. The van der Waals surface area contributed by atoms with E-state index in [2.05, 4.69) is 24.0 Å². The number of aromatic nitrogens is 2. The van der Waals surface area contributed by atoms with E-state index in [1.165, 1.54) is 0 Å². The zero-order chi connectivity index (χ0) is 19.4. The first-order valence-electron chi connectivity index (χ1n) is 9.66. The van der Waals surface area contributed by atoms with E-state index in [4.69, 9.17) is 16.3 Å². The minimum absolute atomic E-state index is 0.0243. The molecular weight excluding hydrogens is 362 g/mol. The van der Waals surface area contributed by atoms with E-state index in [0.717, 1.165) is 36.9 Å². The van der Waals surface area contributed by atoms with Crippen molar-refractivity contribution in [3.8, 4) is 0 Å². The predicted octanol–water partition coefficient (Wildman–Crippen LogP) is 4.75. The maximum Gasteiger partial charge on any atom is 0.272 e. The quantitative estimate of drug-likeness (QED) is 0.775. The summed E-state index contributed by atoms with van der Waals surface area (Å²) in [5, 5.41) is 7.67. The van der Waals surface area contributed by atoms with Gasteiger partial charge in [0.25, 0.3) is 5.91 Å². The summed E-state index contributed by atoms with van der Waals surface area (Å²) in [4.78, 5) is 15.2. The Balaban J connectivity index is 1.78. The molecule has 0 radical (unpaired) electrons. The van der Waals surface area contributed by atoms with Gasteiger partial charge in [0.2, 0.25) is 0 Å². The van der Waals surface area contributed by atoms with Gasteiger partial charge in [-0.3, -0.25) is 9.89 Å². The Morgan fingerprint density at radius 2 is 2.00 bits per heavy atom. The number of hydrogen-bond donors (Lipinski definition) is 1. The predicted molar refractivity (Wildman–Crippen MR) is 107 cm³/mol. The van der Waals surface area contributed by atoms with Crippen molar-refractivity contribution in [1.82, 2.24) is 15.1 Å². The fourth-order valence-corrected chi connectivity index (χ4v) is 3.94. The normalized spacial score (nSPS) is 20.0. The summed E-state index contributed by atoms with van der Waals surface area (Å²) in [7, 11) is 0. The lowest BCUT2D eigenvalue weighted by Gasteiger charge is -2.37. The summed E-state index contributed by atoms with van der Waals surface area (Å²) in [5.41, 5.74) is 2.30. The van der Waals surface area contributed by atoms with Gasteiger partial charge in [0, 0.05) is 17.6 Å². The molecule has 0 bridgehead atoms. The first kappa shape index (κ1) is 19.9. The Kier molecular flexibility index (Phi) is 6.55. The van der Waals surface area contributed by atoms with E-state index in [-0.39, 0.29) is 24.2 Å². The monoisotopic (exact) mass is 389 g/mol. The number of ether oxygens (including phenoxy) is 1. The number of amides is 1. The molecule has 0 saturated heterocycles. The maximum atomic E-state index is 13.2. The van der Waals surface area contributed by atoms with Crippen molar-refractivity contribution in [2.75, 3.05) is 0 Å². The first-order valence-corrected chi connectivity index (χ1v) is 10.0. The van der Waals surface area contributed by atoms with Crippen LogP contribution in [0, 0.1) is 6.92 Å². The zero-order valence-corrected chi connectivity index (χ0v) is 17.0. The molecule has 0 spiro atoms. The number of rotatable bonds is 6. The highest BCUT2D eigenvalue weighted by Crippen LogP contribution is 2.29. The fraction of sp³-hybridized carbons (Fsp3) is 0.524. The molecule has 1 saturated carbocycles. The summed E-state index contributed by atoms with van der Waals surface area (Å²) < 4.78 is 5.96. The molecule has 1 amide bonds. The summed E-state index contributed by atoms with van der Waals surface area (Å²) in [6, 6.07) is 9.68. The molecule has 0 unspecified atom stereocenters. The number of aryl methyl sites for hydroxylation is 1. The summed E-state index contributed by atoms with van der Waals surface area (Å²) in [6.45, 7) is 6.51. The van der Waals surface area contributed by atoms with Crippen molar-refractivity contribution in [3.05, 3.63) is 52.3 Å². The second kappa shape index (κ2) is 8.89. The van der Waals surface area contributed by atoms with Crippen LogP contribution >= 0.6 is 11.6 Å². The van der Waals surface area contributed by atoms with Gasteiger partial charge < -0.3 is 9.64 Å². The maximum absolute atomic E-state index is 13.2. The van der Waals surface area contributed by atoms with Gasteiger partial charge in [-0.25, -0.2) is 0 Å². The fourth-order valence-electron chi connectivity index (χ4n) is 3.74. The number of carbonyl (C=O) groups is 1. The number of benzene rings is 1. The highest BCUT2D eigenvalue weighted by atomic mass is 35.5. The largest absolute Gasteiger partial charge is 0.376 e. The second-order valence-corrected chi connectivity index (χ2v) is 7.97. The van der Waals surface area contributed by atoms with Gasteiger partial charge >= 0.3 is 0 Å². The highest BCUT2D eigenvalue weighted by molar-refractivity contribution is 6.31. The van der Waals surface area contributed by atoms with Crippen LogP contribution in [-0.2, 0) is 11.3 Å². The Labute approximate surface area is 166 Å². The van der Waals surface area contributed by atoms with Crippen molar-refractivity contribution < 1.29 is 9.53 Å².